The Kier molecular flexibility index (Phi) is 4.33. The highest BCUT2D eigenvalue weighted by Gasteiger charge is 2.23. The molecule has 1 unspecified atom stereocenters. The van der Waals surface area contributed by atoms with Crippen molar-refractivity contribution in [1.29, 1.82) is 0 Å². The molecule has 1 aromatic rings. The van der Waals surface area contributed by atoms with Crippen molar-refractivity contribution in [1.82, 2.24) is 10.2 Å². The molecular weight excluding hydrogens is 226 g/mol. The fraction of sp³-hybridized carbons (Fsp3) is 0.500. The highest BCUT2D eigenvalue weighted by atomic mass is 16.2. The molecule has 4 nitrogen and oxygen atoms in total. The Bertz CT molecular complexity index is 393. The zero-order valence-electron chi connectivity index (χ0n) is 11.1. The van der Waals surface area contributed by atoms with Gasteiger partial charge in [0.1, 0.15) is 0 Å². The quantitative estimate of drug-likeness (QED) is 0.863. The molecule has 4 heteroatoms. The van der Waals surface area contributed by atoms with Crippen molar-refractivity contribution in [3.8, 4) is 0 Å². The smallest absolute Gasteiger partial charge is 0.228 e. The number of rotatable bonds is 3. The summed E-state index contributed by atoms with van der Waals surface area (Å²) in [6, 6.07) is 10.1. The third-order valence-corrected chi connectivity index (χ3v) is 3.57. The number of nitrogens with one attached hydrogen (secondary N) is 1. The first-order valence-corrected chi connectivity index (χ1v) is 6.41. The van der Waals surface area contributed by atoms with Crippen molar-refractivity contribution in [2.24, 2.45) is 0 Å². The van der Waals surface area contributed by atoms with Gasteiger partial charge in [0, 0.05) is 44.8 Å². The van der Waals surface area contributed by atoms with Crippen LogP contribution in [0.25, 0.3) is 0 Å². The van der Waals surface area contributed by atoms with Gasteiger partial charge in [-0.25, -0.2) is 0 Å². The Balaban J connectivity index is 1.95. The third kappa shape index (κ3) is 3.09. The topological polar surface area (TPSA) is 35.6 Å². The summed E-state index contributed by atoms with van der Waals surface area (Å²) in [4.78, 5) is 16.2. The van der Waals surface area contributed by atoms with E-state index in [1.54, 1.807) is 4.90 Å². The number of hydrogen-bond acceptors (Lipinski definition) is 3. The van der Waals surface area contributed by atoms with E-state index in [1.165, 1.54) is 0 Å². The maximum atomic E-state index is 12.2. The SMILES string of the molecule is CN(C(=O)CC1CNCCN1C)c1ccccc1. The van der Waals surface area contributed by atoms with E-state index in [1.807, 2.05) is 37.4 Å². The molecule has 0 aliphatic carbocycles. The Morgan fingerprint density at radius 2 is 2.17 bits per heavy atom. The fourth-order valence-electron chi connectivity index (χ4n) is 2.22. The molecule has 2 rings (SSSR count). The van der Waals surface area contributed by atoms with E-state index in [0.717, 1.165) is 25.3 Å². The number of amides is 1. The van der Waals surface area contributed by atoms with Gasteiger partial charge in [0.2, 0.25) is 5.91 Å². The highest BCUT2D eigenvalue weighted by molar-refractivity contribution is 5.93. The number of nitrogens with zero attached hydrogens (tertiary/aromatic N) is 2. The van der Waals surface area contributed by atoms with Gasteiger partial charge in [-0.3, -0.25) is 4.79 Å². The Morgan fingerprint density at radius 3 is 2.83 bits per heavy atom. The number of anilines is 1. The van der Waals surface area contributed by atoms with Gasteiger partial charge < -0.3 is 15.1 Å². The lowest BCUT2D eigenvalue weighted by Crippen LogP contribution is -2.51. The van der Waals surface area contributed by atoms with E-state index in [4.69, 9.17) is 0 Å². The first kappa shape index (κ1) is 13.1. The number of carbonyl (C=O) groups excluding carboxylic acids is 1. The molecular formula is C14H21N3O. The van der Waals surface area contributed by atoms with Crippen LogP contribution >= 0.6 is 0 Å². The highest BCUT2D eigenvalue weighted by Crippen LogP contribution is 2.14. The van der Waals surface area contributed by atoms with Gasteiger partial charge in [0.05, 0.1) is 0 Å². The normalized spacial score (nSPS) is 20.7. The predicted molar refractivity (Wildman–Crippen MR) is 73.8 cm³/mol. The summed E-state index contributed by atoms with van der Waals surface area (Å²) in [5.41, 5.74) is 0.953. The number of para-hydroxylation sites is 1. The third-order valence-electron chi connectivity index (χ3n) is 3.57. The minimum absolute atomic E-state index is 0.168. The first-order valence-electron chi connectivity index (χ1n) is 6.41. The number of carbonyl (C=O) groups is 1. The number of likely N-dealkylation sites (N-methyl/N-ethyl adjacent to an activating group) is 1. The molecule has 0 aromatic heterocycles. The van der Waals surface area contributed by atoms with Gasteiger partial charge in [-0.05, 0) is 19.2 Å². The Labute approximate surface area is 109 Å². The molecule has 18 heavy (non-hydrogen) atoms. The maximum Gasteiger partial charge on any atom is 0.228 e. The second kappa shape index (κ2) is 5.98. The molecule has 0 radical (unpaired) electrons. The van der Waals surface area contributed by atoms with E-state index in [2.05, 4.69) is 17.3 Å². The standard InChI is InChI=1S/C14H21N3O/c1-16-9-8-15-11-13(16)10-14(18)17(2)12-6-4-3-5-7-12/h3-7,13,15H,8-11H2,1-2H3. The minimum atomic E-state index is 0.168. The van der Waals surface area contributed by atoms with Crippen LogP contribution in [0.15, 0.2) is 30.3 Å². The van der Waals surface area contributed by atoms with E-state index >= 15 is 0 Å². The summed E-state index contributed by atoms with van der Waals surface area (Å²) >= 11 is 0. The monoisotopic (exact) mass is 247 g/mol. The summed E-state index contributed by atoms with van der Waals surface area (Å²) in [5, 5.41) is 3.34. The van der Waals surface area contributed by atoms with Gasteiger partial charge >= 0.3 is 0 Å². The van der Waals surface area contributed by atoms with Gasteiger partial charge in [0.25, 0.3) is 0 Å². The summed E-state index contributed by atoms with van der Waals surface area (Å²) in [5.74, 6) is 0.168. The van der Waals surface area contributed by atoms with E-state index < -0.39 is 0 Å². The van der Waals surface area contributed by atoms with Crippen molar-refractivity contribution in [3.05, 3.63) is 30.3 Å². The summed E-state index contributed by atoms with van der Waals surface area (Å²) in [6.45, 7) is 2.91. The Morgan fingerprint density at radius 1 is 1.44 bits per heavy atom. The van der Waals surface area contributed by atoms with Crippen LogP contribution < -0.4 is 10.2 Å². The van der Waals surface area contributed by atoms with Crippen LogP contribution in [0, 0.1) is 0 Å². The van der Waals surface area contributed by atoms with Crippen molar-refractivity contribution in [2.75, 3.05) is 38.6 Å². The van der Waals surface area contributed by atoms with E-state index in [-0.39, 0.29) is 5.91 Å². The molecule has 1 N–H and O–H groups in total. The van der Waals surface area contributed by atoms with Gasteiger partial charge in [-0.2, -0.15) is 0 Å². The van der Waals surface area contributed by atoms with E-state index in [0.29, 0.717) is 12.5 Å². The number of hydrogen-bond donors (Lipinski definition) is 1. The summed E-state index contributed by atoms with van der Waals surface area (Å²) < 4.78 is 0. The van der Waals surface area contributed by atoms with Crippen molar-refractivity contribution < 1.29 is 4.79 Å². The maximum absolute atomic E-state index is 12.2. The molecule has 98 valence electrons. The second-order valence-corrected chi connectivity index (χ2v) is 4.83. The van der Waals surface area contributed by atoms with E-state index in [9.17, 15) is 4.79 Å². The Hall–Kier alpha value is -1.39. The minimum Gasteiger partial charge on any atom is -0.315 e. The molecule has 1 fully saturated rings. The zero-order valence-corrected chi connectivity index (χ0v) is 11.1. The van der Waals surface area contributed by atoms with Crippen LogP contribution in [0.2, 0.25) is 0 Å². The lowest BCUT2D eigenvalue weighted by molar-refractivity contribution is -0.119. The van der Waals surface area contributed by atoms with Gasteiger partial charge in [-0.15, -0.1) is 0 Å². The van der Waals surface area contributed by atoms with Crippen LogP contribution in [-0.4, -0.2) is 50.6 Å². The predicted octanol–water partition coefficient (Wildman–Crippen LogP) is 0.943. The average Bonchev–Trinajstić information content (AvgIpc) is 2.41. The molecule has 1 amide bonds. The van der Waals surface area contributed by atoms with Crippen LogP contribution in [0.5, 0.6) is 0 Å². The lowest BCUT2D eigenvalue weighted by atomic mass is 10.1. The first-order chi connectivity index (χ1) is 8.68. The zero-order chi connectivity index (χ0) is 13.0. The molecule has 1 saturated heterocycles. The molecule has 1 aliphatic heterocycles. The molecule has 1 aliphatic rings. The van der Waals surface area contributed by atoms with Crippen molar-refractivity contribution in [3.63, 3.8) is 0 Å². The average molecular weight is 247 g/mol. The van der Waals surface area contributed by atoms with Crippen molar-refractivity contribution in [2.45, 2.75) is 12.5 Å². The second-order valence-electron chi connectivity index (χ2n) is 4.83. The lowest BCUT2D eigenvalue weighted by Gasteiger charge is -2.33. The van der Waals surface area contributed by atoms with Crippen LogP contribution in [0.3, 0.4) is 0 Å². The molecule has 0 spiro atoms. The molecule has 1 aromatic carbocycles. The molecule has 1 heterocycles. The van der Waals surface area contributed by atoms with Crippen LogP contribution in [0.4, 0.5) is 5.69 Å². The number of benzene rings is 1. The summed E-state index contributed by atoms with van der Waals surface area (Å²) in [7, 11) is 3.93. The van der Waals surface area contributed by atoms with Crippen LogP contribution in [0.1, 0.15) is 6.42 Å². The van der Waals surface area contributed by atoms with Gasteiger partial charge in [-0.1, -0.05) is 18.2 Å². The van der Waals surface area contributed by atoms with Crippen LogP contribution in [-0.2, 0) is 4.79 Å². The van der Waals surface area contributed by atoms with Gasteiger partial charge in [0.15, 0.2) is 0 Å². The fourth-order valence-corrected chi connectivity index (χ4v) is 2.22. The number of piperazine rings is 1. The summed E-state index contributed by atoms with van der Waals surface area (Å²) in [6.07, 6.45) is 0.564. The molecule has 0 bridgehead atoms. The van der Waals surface area contributed by atoms with Crippen molar-refractivity contribution >= 4 is 11.6 Å². The molecule has 0 saturated carbocycles. The molecule has 1 atom stereocenters. The largest absolute Gasteiger partial charge is 0.315 e.